The van der Waals surface area contributed by atoms with Crippen LogP contribution in [0.15, 0.2) is 65.5 Å². The van der Waals surface area contributed by atoms with Gasteiger partial charge in [0.2, 0.25) is 5.91 Å². The summed E-state index contributed by atoms with van der Waals surface area (Å²) in [7, 11) is 0. The van der Waals surface area contributed by atoms with Gasteiger partial charge in [-0.05, 0) is 58.1 Å². The quantitative estimate of drug-likeness (QED) is 0.326. The molecule has 0 spiro atoms. The molecule has 0 aliphatic heterocycles. The molecule has 1 amide bonds. The van der Waals surface area contributed by atoms with Gasteiger partial charge in [0.25, 0.3) is 0 Å². The minimum absolute atomic E-state index is 0.189. The van der Waals surface area contributed by atoms with Crippen LogP contribution in [0.4, 0.5) is 24.5 Å². The second-order valence-corrected chi connectivity index (χ2v) is 8.56. The highest BCUT2D eigenvalue weighted by Gasteiger charge is 2.30. The summed E-state index contributed by atoms with van der Waals surface area (Å²) in [5.41, 5.74) is 9.59. The SMILES string of the molecule is Nc1ccc(-c2ccsc2)cc1NC(=O)CCc1cn(CCc2cccc(C(F)(F)F)c2)nn1. The van der Waals surface area contributed by atoms with E-state index in [2.05, 4.69) is 15.6 Å². The van der Waals surface area contributed by atoms with Crippen molar-refractivity contribution < 1.29 is 18.0 Å². The molecule has 3 N–H and O–H groups in total. The standard InChI is InChI=1S/C24H22F3N5OS/c25-24(26,27)19-3-1-2-16(12-19)8-10-32-14-20(30-31-32)5-7-23(33)29-22-13-17(4-6-21(22)28)18-9-11-34-15-18/h1-4,6,9,11-15H,5,7-8,10,28H2,(H,29,33). The Labute approximate surface area is 198 Å². The first-order chi connectivity index (χ1) is 16.3. The van der Waals surface area contributed by atoms with Gasteiger partial charge in [-0.1, -0.05) is 29.5 Å². The molecule has 0 unspecified atom stereocenters. The zero-order chi connectivity index (χ0) is 24.1. The Hall–Kier alpha value is -3.66. The molecule has 10 heteroatoms. The number of halogens is 3. The Kier molecular flexibility index (Phi) is 6.97. The first kappa shape index (κ1) is 23.5. The number of hydrogen-bond acceptors (Lipinski definition) is 5. The first-order valence-electron chi connectivity index (χ1n) is 10.5. The van der Waals surface area contributed by atoms with E-state index in [0.717, 1.165) is 23.3 Å². The van der Waals surface area contributed by atoms with Crippen molar-refractivity contribution >= 4 is 28.6 Å². The molecule has 176 valence electrons. The van der Waals surface area contributed by atoms with Gasteiger partial charge in [-0.25, -0.2) is 0 Å². The number of alkyl halides is 3. The van der Waals surface area contributed by atoms with E-state index in [4.69, 9.17) is 5.73 Å². The molecular weight excluding hydrogens is 463 g/mol. The average Bonchev–Trinajstić information content (AvgIpc) is 3.50. The maximum atomic E-state index is 12.9. The molecule has 0 bridgehead atoms. The van der Waals surface area contributed by atoms with Crippen LogP contribution in [0.2, 0.25) is 0 Å². The zero-order valence-corrected chi connectivity index (χ0v) is 18.9. The molecular formula is C24H22F3N5OS. The van der Waals surface area contributed by atoms with Crippen LogP contribution in [0.3, 0.4) is 0 Å². The summed E-state index contributed by atoms with van der Waals surface area (Å²) in [6, 6.07) is 12.7. The van der Waals surface area contributed by atoms with E-state index in [1.165, 1.54) is 6.07 Å². The summed E-state index contributed by atoms with van der Waals surface area (Å²) in [6.45, 7) is 0.381. The van der Waals surface area contributed by atoms with Gasteiger partial charge in [0.05, 0.1) is 22.6 Å². The van der Waals surface area contributed by atoms with Crippen LogP contribution in [-0.4, -0.2) is 20.9 Å². The molecule has 6 nitrogen and oxygen atoms in total. The van der Waals surface area contributed by atoms with E-state index in [1.54, 1.807) is 34.3 Å². The summed E-state index contributed by atoms with van der Waals surface area (Å²) < 4.78 is 40.1. The van der Waals surface area contributed by atoms with Crippen molar-refractivity contribution in [3.63, 3.8) is 0 Å². The van der Waals surface area contributed by atoms with Crippen molar-refractivity contribution in [3.05, 3.63) is 82.3 Å². The molecule has 4 rings (SSSR count). The predicted octanol–water partition coefficient (Wildman–Crippen LogP) is 5.42. The number of hydrogen-bond donors (Lipinski definition) is 2. The normalized spacial score (nSPS) is 11.5. The third kappa shape index (κ3) is 6.02. The molecule has 0 radical (unpaired) electrons. The molecule has 34 heavy (non-hydrogen) atoms. The Morgan fingerprint density at radius 1 is 1.09 bits per heavy atom. The van der Waals surface area contributed by atoms with E-state index < -0.39 is 11.7 Å². The lowest BCUT2D eigenvalue weighted by molar-refractivity contribution is -0.137. The van der Waals surface area contributed by atoms with Crippen LogP contribution in [0.1, 0.15) is 23.2 Å². The smallest absolute Gasteiger partial charge is 0.397 e. The largest absolute Gasteiger partial charge is 0.416 e. The minimum atomic E-state index is -4.37. The molecule has 0 saturated carbocycles. The van der Waals surface area contributed by atoms with Gasteiger partial charge in [0.1, 0.15) is 0 Å². The van der Waals surface area contributed by atoms with Crippen LogP contribution < -0.4 is 11.1 Å². The number of thiophene rings is 1. The number of carbonyl (C=O) groups is 1. The van der Waals surface area contributed by atoms with Crippen LogP contribution in [0.5, 0.6) is 0 Å². The van der Waals surface area contributed by atoms with E-state index in [1.807, 2.05) is 29.0 Å². The van der Waals surface area contributed by atoms with Gasteiger partial charge in [-0.3, -0.25) is 9.48 Å². The first-order valence-corrected chi connectivity index (χ1v) is 11.5. The van der Waals surface area contributed by atoms with E-state index >= 15 is 0 Å². The number of nitrogen functional groups attached to an aromatic ring is 1. The average molecular weight is 486 g/mol. The number of aryl methyl sites for hydroxylation is 3. The molecule has 0 aliphatic carbocycles. The zero-order valence-electron chi connectivity index (χ0n) is 18.0. The summed E-state index contributed by atoms with van der Waals surface area (Å²) in [4.78, 5) is 12.5. The fourth-order valence-corrected chi connectivity index (χ4v) is 4.10. The van der Waals surface area contributed by atoms with Gasteiger partial charge in [-0.15, -0.1) is 5.10 Å². The van der Waals surface area contributed by atoms with Crippen LogP contribution in [0.25, 0.3) is 11.1 Å². The number of amides is 1. The topological polar surface area (TPSA) is 85.8 Å². The lowest BCUT2D eigenvalue weighted by atomic mass is 10.1. The van der Waals surface area contributed by atoms with Gasteiger partial charge in [0.15, 0.2) is 0 Å². The predicted molar refractivity (Wildman–Crippen MR) is 126 cm³/mol. The number of nitrogens with one attached hydrogen (secondary N) is 1. The molecule has 2 heterocycles. The molecule has 2 aromatic carbocycles. The van der Waals surface area contributed by atoms with Crippen molar-refractivity contribution in [2.45, 2.75) is 32.0 Å². The fourth-order valence-electron chi connectivity index (χ4n) is 3.44. The Bertz CT molecular complexity index is 1270. The molecule has 2 aromatic heterocycles. The fraction of sp³-hybridized carbons (Fsp3) is 0.208. The van der Waals surface area contributed by atoms with E-state index in [0.29, 0.717) is 42.0 Å². The second-order valence-electron chi connectivity index (χ2n) is 7.78. The lowest BCUT2D eigenvalue weighted by Gasteiger charge is -2.10. The van der Waals surface area contributed by atoms with Gasteiger partial charge < -0.3 is 11.1 Å². The number of anilines is 2. The van der Waals surface area contributed by atoms with Crippen molar-refractivity contribution in [1.82, 2.24) is 15.0 Å². The summed E-state index contributed by atoms with van der Waals surface area (Å²) in [5, 5.41) is 14.9. The van der Waals surface area contributed by atoms with Gasteiger partial charge in [0, 0.05) is 25.6 Å². The van der Waals surface area contributed by atoms with Crippen molar-refractivity contribution in [1.29, 1.82) is 0 Å². The number of benzene rings is 2. The number of nitrogens with two attached hydrogens (primary N) is 1. The monoisotopic (exact) mass is 485 g/mol. The van der Waals surface area contributed by atoms with E-state index in [9.17, 15) is 18.0 Å². The third-order valence-corrected chi connectivity index (χ3v) is 5.94. The number of rotatable bonds is 8. The molecule has 0 saturated heterocycles. The summed E-state index contributed by atoms with van der Waals surface area (Å²) in [5.74, 6) is -0.201. The molecule has 0 atom stereocenters. The number of carbonyl (C=O) groups excluding carboxylic acids is 1. The number of aromatic nitrogens is 3. The maximum absolute atomic E-state index is 12.9. The third-order valence-electron chi connectivity index (χ3n) is 5.26. The van der Waals surface area contributed by atoms with Crippen LogP contribution in [-0.2, 0) is 30.4 Å². The Balaban J connectivity index is 1.30. The van der Waals surface area contributed by atoms with Crippen LogP contribution >= 0.6 is 11.3 Å². The highest BCUT2D eigenvalue weighted by molar-refractivity contribution is 7.08. The Morgan fingerprint density at radius 3 is 2.71 bits per heavy atom. The van der Waals surface area contributed by atoms with Crippen molar-refractivity contribution in [2.24, 2.45) is 0 Å². The molecule has 0 fully saturated rings. The Morgan fingerprint density at radius 2 is 1.94 bits per heavy atom. The van der Waals surface area contributed by atoms with Gasteiger partial charge in [-0.2, -0.15) is 24.5 Å². The van der Waals surface area contributed by atoms with Crippen LogP contribution in [0, 0.1) is 0 Å². The summed E-state index contributed by atoms with van der Waals surface area (Å²) in [6.07, 6.45) is -1.72. The highest BCUT2D eigenvalue weighted by atomic mass is 32.1. The lowest BCUT2D eigenvalue weighted by Crippen LogP contribution is -2.13. The molecule has 0 aliphatic rings. The summed E-state index contributed by atoms with van der Waals surface area (Å²) >= 11 is 1.59. The number of nitrogens with zero attached hydrogens (tertiary/aromatic N) is 3. The van der Waals surface area contributed by atoms with E-state index in [-0.39, 0.29) is 12.3 Å². The molecule has 4 aromatic rings. The minimum Gasteiger partial charge on any atom is -0.397 e. The van der Waals surface area contributed by atoms with Crippen molar-refractivity contribution in [3.8, 4) is 11.1 Å². The second kappa shape index (κ2) is 10.1. The highest BCUT2D eigenvalue weighted by Crippen LogP contribution is 2.30. The van der Waals surface area contributed by atoms with Crippen molar-refractivity contribution in [2.75, 3.05) is 11.1 Å². The maximum Gasteiger partial charge on any atom is 0.416 e. The van der Waals surface area contributed by atoms with Gasteiger partial charge >= 0.3 is 6.18 Å².